The van der Waals surface area contributed by atoms with Gasteiger partial charge in [-0.05, 0) is 11.3 Å². The van der Waals surface area contributed by atoms with Crippen LogP contribution < -0.4 is 5.32 Å². The van der Waals surface area contributed by atoms with Crippen LogP contribution in [0.25, 0.3) is 0 Å². The summed E-state index contributed by atoms with van der Waals surface area (Å²) in [6.45, 7) is 10.8. The lowest BCUT2D eigenvalue weighted by molar-refractivity contribution is -0.104. The fourth-order valence-electron chi connectivity index (χ4n) is 0.979. The monoisotopic (exact) mass is 252 g/mol. The molecule has 0 unspecified atom stereocenters. The van der Waals surface area contributed by atoms with Crippen LogP contribution in [-0.4, -0.2) is 19.1 Å². The molecule has 102 valence electrons. The molecule has 0 aliphatic carbocycles. The van der Waals surface area contributed by atoms with Crippen LogP contribution in [-0.2, 0) is 9.53 Å². The van der Waals surface area contributed by atoms with Gasteiger partial charge in [-0.25, -0.2) is 0 Å². The zero-order valence-electron chi connectivity index (χ0n) is 11.9. The van der Waals surface area contributed by atoms with E-state index in [4.69, 9.17) is 10.1 Å². The number of hydrogen-bond acceptors (Lipinski definition) is 4. The van der Waals surface area contributed by atoms with E-state index in [1.54, 1.807) is 6.20 Å². The molecular weight excluding hydrogens is 228 g/mol. The van der Waals surface area contributed by atoms with E-state index in [1.807, 2.05) is 19.9 Å². The highest BCUT2D eigenvalue weighted by Crippen LogP contribution is 2.14. The Morgan fingerprint density at radius 3 is 2.39 bits per heavy atom. The van der Waals surface area contributed by atoms with Crippen molar-refractivity contribution in [1.29, 1.82) is 5.41 Å². The van der Waals surface area contributed by atoms with Crippen LogP contribution in [0, 0.1) is 16.7 Å². The number of allylic oxidation sites excluding steroid dienone is 2. The minimum absolute atomic E-state index is 0.0438. The third-order valence-corrected chi connectivity index (χ3v) is 1.90. The summed E-state index contributed by atoms with van der Waals surface area (Å²) in [5, 5.41) is 10.1. The molecule has 0 saturated heterocycles. The second-order valence-electron chi connectivity index (χ2n) is 5.60. The van der Waals surface area contributed by atoms with Crippen LogP contribution in [0.5, 0.6) is 0 Å². The van der Waals surface area contributed by atoms with Crippen molar-refractivity contribution in [3.8, 4) is 0 Å². The van der Waals surface area contributed by atoms with Gasteiger partial charge < -0.3 is 15.5 Å². The van der Waals surface area contributed by atoms with Crippen molar-refractivity contribution < 1.29 is 9.53 Å². The number of ether oxygens (including phenoxy) is 1. The lowest BCUT2D eigenvalue weighted by atomic mass is 9.97. The summed E-state index contributed by atoms with van der Waals surface area (Å²) in [6.07, 6.45) is 5.31. The van der Waals surface area contributed by atoms with Crippen molar-refractivity contribution in [2.24, 2.45) is 11.3 Å². The van der Waals surface area contributed by atoms with Gasteiger partial charge in [0.15, 0.2) is 6.29 Å². The number of hydrogen-bond donors (Lipinski definition) is 2. The van der Waals surface area contributed by atoms with Crippen LogP contribution in [0.2, 0.25) is 0 Å². The molecule has 0 aliphatic heterocycles. The average molecular weight is 252 g/mol. The molecule has 4 heteroatoms. The predicted molar refractivity (Wildman–Crippen MR) is 74.4 cm³/mol. The molecule has 2 N–H and O–H groups in total. The van der Waals surface area contributed by atoms with Crippen LogP contribution >= 0.6 is 0 Å². The molecule has 0 radical (unpaired) electrons. The minimum Gasteiger partial charge on any atom is -0.478 e. The lowest BCUT2D eigenvalue weighted by Crippen LogP contribution is -2.16. The first kappa shape index (κ1) is 16.4. The van der Waals surface area contributed by atoms with Gasteiger partial charge in [0.2, 0.25) is 5.88 Å². The zero-order chi connectivity index (χ0) is 14.2. The van der Waals surface area contributed by atoms with Gasteiger partial charge in [-0.2, -0.15) is 0 Å². The molecule has 4 nitrogen and oxygen atoms in total. The smallest absolute Gasteiger partial charge is 0.203 e. The van der Waals surface area contributed by atoms with Crippen molar-refractivity contribution in [3.05, 3.63) is 23.7 Å². The first-order chi connectivity index (χ1) is 8.30. The van der Waals surface area contributed by atoms with Crippen LogP contribution in [0.4, 0.5) is 0 Å². The SMILES string of the molecule is CC(C)CO/C(N/C=C/C(C)(C)C)=C(/C=N)C=O. The maximum absolute atomic E-state index is 10.8. The Morgan fingerprint density at radius 2 is 2.00 bits per heavy atom. The fraction of sp³-hybridized carbons (Fsp3) is 0.571. The van der Waals surface area contributed by atoms with Gasteiger partial charge in [0, 0.05) is 12.4 Å². The summed E-state index contributed by atoms with van der Waals surface area (Å²) in [7, 11) is 0. The summed E-state index contributed by atoms with van der Waals surface area (Å²) < 4.78 is 5.50. The summed E-state index contributed by atoms with van der Waals surface area (Å²) in [6, 6.07) is 0. The lowest BCUT2D eigenvalue weighted by Gasteiger charge is -2.15. The molecule has 0 bridgehead atoms. The number of nitrogens with one attached hydrogen (secondary N) is 2. The van der Waals surface area contributed by atoms with Gasteiger partial charge in [-0.15, -0.1) is 0 Å². The molecular formula is C14H24N2O2. The Bertz CT molecular complexity index is 326. The molecule has 0 aromatic rings. The second kappa shape index (κ2) is 7.69. The Morgan fingerprint density at radius 1 is 1.39 bits per heavy atom. The average Bonchev–Trinajstić information content (AvgIpc) is 2.24. The molecule has 0 spiro atoms. The third kappa shape index (κ3) is 7.65. The van der Waals surface area contributed by atoms with Crippen molar-refractivity contribution in [2.75, 3.05) is 6.61 Å². The van der Waals surface area contributed by atoms with Crippen molar-refractivity contribution >= 4 is 12.5 Å². The molecule has 0 saturated carbocycles. The van der Waals surface area contributed by atoms with E-state index < -0.39 is 0 Å². The summed E-state index contributed by atoms with van der Waals surface area (Å²) in [4.78, 5) is 10.8. The highest BCUT2D eigenvalue weighted by molar-refractivity contribution is 6.00. The molecule has 0 fully saturated rings. The van der Waals surface area contributed by atoms with Gasteiger partial charge in [-0.1, -0.05) is 40.7 Å². The zero-order valence-corrected chi connectivity index (χ0v) is 11.9. The van der Waals surface area contributed by atoms with Gasteiger partial charge in [0.1, 0.15) is 0 Å². The van der Waals surface area contributed by atoms with Gasteiger partial charge >= 0.3 is 0 Å². The highest BCUT2D eigenvalue weighted by Gasteiger charge is 2.07. The first-order valence-corrected chi connectivity index (χ1v) is 6.07. The molecule has 18 heavy (non-hydrogen) atoms. The topological polar surface area (TPSA) is 62.2 Å². The molecule has 0 aromatic heterocycles. The van der Waals surface area contributed by atoms with E-state index in [9.17, 15) is 4.79 Å². The van der Waals surface area contributed by atoms with E-state index in [0.29, 0.717) is 24.7 Å². The van der Waals surface area contributed by atoms with Crippen molar-refractivity contribution in [3.63, 3.8) is 0 Å². The number of carbonyl (C=O) groups is 1. The number of rotatable bonds is 7. The maximum atomic E-state index is 10.8. The fourth-order valence-corrected chi connectivity index (χ4v) is 0.979. The molecule has 0 aliphatic rings. The van der Waals surface area contributed by atoms with E-state index in [2.05, 4.69) is 26.1 Å². The van der Waals surface area contributed by atoms with E-state index in [-0.39, 0.29) is 11.0 Å². The summed E-state index contributed by atoms with van der Waals surface area (Å²) in [5.41, 5.74) is 0.247. The Balaban J connectivity index is 4.78. The Labute approximate surface area is 110 Å². The minimum atomic E-state index is 0.0438. The molecule has 0 rings (SSSR count). The van der Waals surface area contributed by atoms with Gasteiger partial charge in [0.05, 0.1) is 12.2 Å². The normalized spacial score (nSPS) is 13.4. The quantitative estimate of drug-likeness (QED) is 0.317. The van der Waals surface area contributed by atoms with Gasteiger partial charge in [-0.3, -0.25) is 4.79 Å². The second-order valence-corrected chi connectivity index (χ2v) is 5.60. The first-order valence-electron chi connectivity index (χ1n) is 6.07. The molecule has 0 amide bonds. The van der Waals surface area contributed by atoms with Gasteiger partial charge in [0.25, 0.3) is 0 Å². The van der Waals surface area contributed by atoms with Crippen molar-refractivity contribution in [2.45, 2.75) is 34.6 Å². The molecule has 0 atom stereocenters. The highest BCUT2D eigenvalue weighted by atomic mass is 16.5. The predicted octanol–water partition coefficient (Wildman–Crippen LogP) is 2.87. The van der Waals surface area contributed by atoms with Crippen LogP contribution in [0.15, 0.2) is 23.7 Å². The van der Waals surface area contributed by atoms with Crippen LogP contribution in [0.3, 0.4) is 0 Å². The Kier molecular flexibility index (Phi) is 7.01. The summed E-state index contributed by atoms with van der Waals surface area (Å²) in [5.74, 6) is 0.682. The van der Waals surface area contributed by atoms with E-state index in [0.717, 1.165) is 6.21 Å². The van der Waals surface area contributed by atoms with E-state index in [1.165, 1.54) is 0 Å². The summed E-state index contributed by atoms with van der Waals surface area (Å²) >= 11 is 0. The Hall–Kier alpha value is -1.58. The molecule has 0 heterocycles. The standard InChI is InChI=1S/C14H24N2O2/c1-11(2)10-18-13(12(8-15)9-17)16-7-6-14(3,4)5/h6-9,11,15-16H,10H2,1-5H3/b7-6+,13-12-,15-8?. The van der Waals surface area contributed by atoms with Crippen molar-refractivity contribution in [1.82, 2.24) is 5.32 Å². The number of carbonyl (C=O) groups excluding carboxylic acids is 1. The van der Waals surface area contributed by atoms with E-state index >= 15 is 0 Å². The number of aldehydes is 1. The molecule has 0 aromatic carbocycles. The maximum Gasteiger partial charge on any atom is 0.203 e. The largest absolute Gasteiger partial charge is 0.478 e. The third-order valence-electron chi connectivity index (χ3n) is 1.90. The van der Waals surface area contributed by atoms with Crippen LogP contribution in [0.1, 0.15) is 34.6 Å².